The molecule has 3 rings (SSSR count). The highest BCUT2D eigenvalue weighted by molar-refractivity contribution is 7.92. The third-order valence-corrected chi connectivity index (χ3v) is 6.20. The lowest BCUT2D eigenvalue weighted by atomic mass is 10.2. The number of carbonyl (C=O) groups is 1. The fourth-order valence-corrected chi connectivity index (χ4v) is 4.13. The molecule has 7 nitrogen and oxygen atoms in total. The maximum Gasteiger partial charge on any atom is 0.261 e. The minimum atomic E-state index is -3.76. The van der Waals surface area contributed by atoms with E-state index in [4.69, 9.17) is 21.1 Å². The summed E-state index contributed by atoms with van der Waals surface area (Å²) in [5, 5.41) is 2.84. The fourth-order valence-electron chi connectivity index (χ4n) is 2.81. The molecular weight excluding hydrogens is 452 g/mol. The number of nitrogens with one attached hydrogen (secondary N) is 2. The summed E-state index contributed by atoms with van der Waals surface area (Å²) in [7, 11) is -2.19. The number of rotatable bonds is 9. The van der Waals surface area contributed by atoms with E-state index in [-0.39, 0.29) is 34.3 Å². The highest BCUT2D eigenvalue weighted by Gasteiger charge is 2.16. The van der Waals surface area contributed by atoms with Crippen molar-refractivity contribution >= 4 is 33.2 Å². The smallest absolute Gasteiger partial charge is 0.261 e. The zero-order chi connectivity index (χ0) is 23.1. The van der Waals surface area contributed by atoms with E-state index in [1.54, 1.807) is 43.5 Å². The maximum absolute atomic E-state index is 12.5. The van der Waals surface area contributed by atoms with Gasteiger partial charge in [-0.05, 0) is 49.4 Å². The first-order valence-corrected chi connectivity index (χ1v) is 11.6. The number of methoxy groups -OCH3 is 1. The van der Waals surface area contributed by atoms with Crippen LogP contribution >= 0.6 is 11.6 Å². The van der Waals surface area contributed by atoms with Gasteiger partial charge in [0.05, 0.1) is 34.8 Å². The third kappa shape index (κ3) is 6.15. The van der Waals surface area contributed by atoms with E-state index in [0.717, 1.165) is 5.56 Å². The monoisotopic (exact) mass is 474 g/mol. The summed E-state index contributed by atoms with van der Waals surface area (Å²) in [6.07, 6.45) is 0. The SMILES string of the molecule is COc1cccc(OCCNC(=O)c2ccc(NS(=O)(=O)c3ccc(C)cc3)cc2Cl)c1. The van der Waals surface area contributed by atoms with Crippen molar-refractivity contribution in [3.63, 3.8) is 0 Å². The van der Waals surface area contributed by atoms with Gasteiger partial charge >= 0.3 is 0 Å². The Bertz CT molecular complexity index is 1200. The number of sulfonamides is 1. The molecule has 0 fully saturated rings. The summed E-state index contributed by atoms with van der Waals surface area (Å²) >= 11 is 6.22. The number of hydrogen-bond donors (Lipinski definition) is 2. The lowest BCUT2D eigenvalue weighted by Gasteiger charge is -2.12. The van der Waals surface area contributed by atoms with Crippen LogP contribution in [0.3, 0.4) is 0 Å². The number of ether oxygens (including phenoxy) is 2. The molecule has 3 aromatic carbocycles. The van der Waals surface area contributed by atoms with Crippen LogP contribution in [0.5, 0.6) is 11.5 Å². The van der Waals surface area contributed by atoms with Crippen molar-refractivity contribution < 1.29 is 22.7 Å². The Hall–Kier alpha value is -3.23. The molecule has 0 heterocycles. The predicted octanol–water partition coefficient (Wildman–Crippen LogP) is 4.27. The van der Waals surface area contributed by atoms with Crippen molar-refractivity contribution in [1.82, 2.24) is 5.32 Å². The van der Waals surface area contributed by atoms with Gasteiger partial charge in [-0.1, -0.05) is 35.4 Å². The van der Waals surface area contributed by atoms with Crippen LogP contribution in [0.25, 0.3) is 0 Å². The first-order chi connectivity index (χ1) is 15.3. The Kier molecular flexibility index (Phi) is 7.61. The van der Waals surface area contributed by atoms with Crippen LogP contribution in [-0.4, -0.2) is 34.6 Å². The zero-order valence-electron chi connectivity index (χ0n) is 17.6. The van der Waals surface area contributed by atoms with E-state index in [9.17, 15) is 13.2 Å². The van der Waals surface area contributed by atoms with Crippen LogP contribution < -0.4 is 19.5 Å². The molecule has 0 bridgehead atoms. The molecule has 0 aliphatic rings. The van der Waals surface area contributed by atoms with E-state index in [1.807, 2.05) is 6.92 Å². The molecule has 168 valence electrons. The van der Waals surface area contributed by atoms with Crippen molar-refractivity contribution in [2.75, 3.05) is 25.0 Å². The Morgan fingerprint density at radius 2 is 1.72 bits per heavy atom. The Morgan fingerprint density at radius 1 is 1.00 bits per heavy atom. The van der Waals surface area contributed by atoms with Gasteiger partial charge in [-0.2, -0.15) is 0 Å². The number of anilines is 1. The molecule has 0 spiro atoms. The summed E-state index contributed by atoms with van der Waals surface area (Å²) in [4.78, 5) is 12.6. The Labute approximate surface area is 192 Å². The van der Waals surface area contributed by atoms with Gasteiger partial charge in [0.2, 0.25) is 0 Å². The number of hydrogen-bond acceptors (Lipinski definition) is 5. The molecule has 0 aliphatic heterocycles. The minimum Gasteiger partial charge on any atom is -0.497 e. The summed E-state index contributed by atoms with van der Waals surface area (Å²) in [5.74, 6) is 0.912. The van der Waals surface area contributed by atoms with Crippen molar-refractivity contribution in [2.45, 2.75) is 11.8 Å². The van der Waals surface area contributed by atoms with Crippen LogP contribution in [0.2, 0.25) is 5.02 Å². The first-order valence-electron chi connectivity index (χ1n) is 9.72. The Morgan fingerprint density at radius 3 is 2.41 bits per heavy atom. The average molecular weight is 475 g/mol. The lowest BCUT2D eigenvalue weighted by Crippen LogP contribution is -2.28. The van der Waals surface area contributed by atoms with Gasteiger partial charge in [0.25, 0.3) is 15.9 Å². The third-order valence-electron chi connectivity index (χ3n) is 4.49. The van der Waals surface area contributed by atoms with Crippen LogP contribution in [0.1, 0.15) is 15.9 Å². The predicted molar refractivity (Wildman–Crippen MR) is 124 cm³/mol. The summed E-state index contributed by atoms with van der Waals surface area (Å²) < 4.78 is 38.2. The largest absolute Gasteiger partial charge is 0.497 e. The summed E-state index contributed by atoms with van der Waals surface area (Å²) in [5.41, 5.74) is 1.44. The highest BCUT2D eigenvalue weighted by atomic mass is 35.5. The lowest BCUT2D eigenvalue weighted by molar-refractivity contribution is 0.0947. The molecule has 0 saturated carbocycles. The van der Waals surface area contributed by atoms with Crippen molar-refractivity contribution in [2.24, 2.45) is 0 Å². The standard InChI is InChI=1S/C23H23ClN2O5S/c1-16-6-9-20(10-7-16)32(28,29)26-17-8-11-21(22(24)14-17)23(27)25-12-13-31-19-5-3-4-18(15-19)30-2/h3-11,14-15,26H,12-13H2,1-2H3,(H,25,27). The molecule has 3 aromatic rings. The zero-order valence-corrected chi connectivity index (χ0v) is 19.2. The van der Waals surface area contributed by atoms with Crippen LogP contribution in [0, 0.1) is 6.92 Å². The average Bonchev–Trinajstić information content (AvgIpc) is 2.77. The number of amides is 1. The molecular formula is C23H23ClN2O5S. The van der Waals surface area contributed by atoms with Gasteiger partial charge < -0.3 is 14.8 Å². The molecule has 0 saturated heterocycles. The molecule has 0 unspecified atom stereocenters. The molecule has 9 heteroatoms. The number of benzene rings is 3. The van der Waals surface area contributed by atoms with E-state index in [1.165, 1.54) is 30.3 Å². The number of carbonyl (C=O) groups excluding carboxylic acids is 1. The van der Waals surface area contributed by atoms with Gasteiger partial charge in [0.15, 0.2) is 0 Å². The van der Waals surface area contributed by atoms with Gasteiger partial charge in [-0.25, -0.2) is 8.42 Å². The number of aryl methyl sites for hydroxylation is 1. The van der Waals surface area contributed by atoms with Gasteiger partial charge in [0.1, 0.15) is 18.1 Å². The summed E-state index contributed by atoms with van der Waals surface area (Å²) in [6, 6.07) is 18.0. The molecule has 0 radical (unpaired) electrons. The van der Waals surface area contributed by atoms with E-state index < -0.39 is 15.9 Å². The van der Waals surface area contributed by atoms with Crippen LogP contribution in [0.4, 0.5) is 5.69 Å². The van der Waals surface area contributed by atoms with E-state index in [2.05, 4.69) is 10.0 Å². The fraction of sp³-hybridized carbons (Fsp3) is 0.174. The molecule has 0 atom stereocenters. The quantitative estimate of drug-likeness (QED) is 0.452. The summed E-state index contributed by atoms with van der Waals surface area (Å²) in [6.45, 7) is 2.39. The van der Waals surface area contributed by atoms with Gasteiger partial charge in [-0.15, -0.1) is 0 Å². The second-order valence-electron chi connectivity index (χ2n) is 6.90. The second-order valence-corrected chi connectivity index (χ2v) is 8.99. The highest BCUT2D eigenvalue weighted by Crippen LogP contribution is 2.24. The van der Waals surface area contributed by atoms with Crippen LogP contribution in [0.15, 0.2) is 71.6 Å². The van der Waals surface area contributed by atoms with Crippen molar-refractivity contribution in [3.05, 3.63) is 82.9 Å². The number of halogens is 1. The molecule has 2 N–H and O–H groups in total. The normalized spacial score (nSPS) is 11.0. The van der Waals surface area contributed by atoms with E-state index >= 15 is 0 Å². The molecule has 32 heavy (non-hydrogen) atoms. The van der Waals surface area contributed by atoms with Crippen molar-refractivity contribution in [1.29, 1.82) is 0 Å². The van der Waals surface area contributed by atoms with Gasteiger partial charge in [0, 0.05) is 6.07 Å². The van der Waals surface area contributed by atoms with Gasteiger partial charge in [-0.3, -0.25) is 9.52 Å². The Balaban J connectivity index is 1.57. The van der Waals surface area contributed by atoms with E-state index in [0.29, 0.717) is 11.5 Å². The topological polar surface area (TPSA) is 93.7 Å². The molecule has 0 aliphatic carbocycles. The molecule has 0 aromatic heterocycles. The van der Waals surface area contributed by atoms with Crippen LogP contribution in [-0.2, 0) is 10.0 Å². The maximum atomic E-state index is 12.5. The van der Waals surface area contributed by atoms with Crippen molar-refractivity contribution in [3.8, 4) is 11.5 Å². The minimum absolute atomic E-state index is 0.125. The molecule has 1 amide bonds. The second kappa shape index (κ2) is 10.4. The first kappa shape index (κ1) is 23.4.